The number of pyridine rings is 1. The van der Waals surface area contributed by atoms with Crippen LogP contribution in [0.3, 0.4) is 0 Å². The van der Waals surface area contributed by atoms with Gasteiger partial charge in [-0.15, -0.1) is 0 Å². The fourth-order valence-corrected chi connectivity index (χ4v) is 5.12. The first kappa shape index (κ1) is 21.3. The molecular formula is C20H19N3O6S. The predicted molar refractivity (Wildman–Crippen MR) is 109 cm³/mol. The minimum atomic E-state index is -3.33. The highest BCUT2D eigenvalue weighted by Gasteiger charge is 2.33. The Bertz CT molecular complexity index is 1250. The third-order valence-corrected chi connectivity index (χ3v) is 6.76. The van der Waals surface area contributed by atoms with Gasteiger partial charge in [0, 0.05) is 6.21 Å². The molecule has 0 spiro atoms. The molecule has 3 rings (SSSR count). The summed E-state index contributed by atoms with van der Waals surface area (Å²) in [4.78, 5) is 28.9. The molecule has 0 bridgehead atoms. The van der Waals surface area contributed by atoms with E-state index < -0.39 is 33.3 Å². The number of aromatic nitrogens is 1. The highest BCUT2D eigenvalue weighted by Crippen LogP contribution is 2.30. The van der Waals surface area contributed by atoms with Gasteiger partial charge in [-0.2, -0.15) is 5.26 Å². The zero-order valence-electron chi connectivity index (χ0n) is 16.3. The summed E-state index contributed by atoms with van der Waals surface area (Å²) in [5.41, 5.74) is -0.194. The number of esters is 1. The molecule has 9 nitrogen and oxygen atoms in total. The van der Waals surface area contributed by atoms with Crippen LogP contribution in [0.5, 0.6) is 5.88 Å². The Hall–Kier alpha value is -3.45. The lowest BCUT2D eigenvalue weighted by atomic mass is 10.0. The van der Waals surface area contributed by atoms with Gasteiger partial charge < -0.3 is 9.84 Å². The van der Waals surface area contributed by atoms with Gasteiger partial charge in [0.1, 0.15) is 11.6 Å². The lowest BCUT2D eigenvalue weighted by molar-refractivity contribution is 0.0601. The molecule has 10 heteroatoms. The van der Waals surface area contributed by atoms with Crippen LogP contribution in [-0.2, 0) is 14.6 Å². The Morgan fingerprint density at radius 1 is 1.40 bits per heavy atom. The Labute approximate surface area is 172 Å². The second-order valence-electron chi connectivity index (χ2n) is 6.85. The van der Waals surface area contributed by atoms with Crippen molar-refractivity contribution in [3.63, 3.8) is 0 Å². The Morgan fingerprint density at radius 3 is 2.70 bits per heavy atom. The summed E-state index contributed by atoms with van der Waals surface area (Å²) in [5.74, 6) is -1.47. The second-order valence-corrected chi connectivity index (χ2v) is 9.08. The van der Waals surface area contributed by atoms with Crippen molar-refractivity contribution in [2.45, 2.75) is 19.4 Å². The van der Waals surface area contributed by atoms with E-state index in [4.69, 9.17) is 4.74 Å². The number of sulfone groups is 1. The first-order valence-corrected chi connectivity index (χ1v) is 10.8. The number of nitriles is 1. The number of carbonyl (C=O) groups excluding carboxylic acids is 1. The molecule has 2 aromatic rings. The van der Waals surface area contributed by atoms with Crippen LogP contribution in [0.2, 0.25) is 0 Å². The van der Waals surface area contributed by atoms with E-state index >= 15 is 0 Å². The standard InChI is InChI=1S/C20H19N3O6S/c1-12-15(9-21)18(24)23(13-7-8-30(27,28)11-13)19(25)16(12)10-22-17-6-4-3-5-14(17)20(26)29-2/h3-6,10,13,25H,7-8,11H2,1-2H3. The summed E-state index contributed by atoms with van der Waals surface area (Å²) in [7, 11) is -2.09. The molecule has 1 aliphatic rings. The monoisotopic (exact) mass is 429 g/mol. The summed E-state index contributed by atoms with van der Waals surface area (Å²) in [5, 5.41) is 20.2. The Balaban J connectivity index is 2.16. The smallest absolute Gasteiger partial charge is 0.340 e. The zero-order valence-corrected chi connectivity index (χ0v) is 17.1. The van der Waals surface area contributed by atoms with E-state index in [9.17, 15) is 28.4 Å². The Morgan fingerprint density at radius 2 is 2.10 bits per heavy atom. The molecule has 156 valence electrons. The molecule has 1 unspecified atom stereocenters. The van der Waals surface area contributed by atoms with Gasteiger partial charge in [-0.3, -0.25) is 14.4 Å². The molecule has 0 saturated carbocycles. The maximum atomic E-state index is 12.7. The van der Waals surface area contributed by atoms with Gasteiger partial charge in [-0.05, 0) is 31.0 Å². The molecule has 1 N–H and O–H groups in total. The number of para-hydroxylation sites is 1. The number of nitrogens with zero attached hydrogens (tertiary/aromatic N) is 3. The van der Waals surface area contributed by atoms with Crippen LogP contribution >= 0.6 is 0 Å². The maximum Gasteiger partial charge on any atom is 0.340 e. The molecule has 1 aliphatic heterocycles. The molecule has 1 saturated heterocycles. The van der Waals surface area contributed by atoms with Crippen LogP contribution in [0.25, 0.3) is 0 Å². The largest absolute Gasteiger partial charge is 0.494 e. The summed E-state index contributed by atoms with van der Waals surface area (Å²) >= 11 is 0. The molecule has 0 aliphatic carbocycles. The molecule has 0 amide bonds. The van der Waals surface area contributed by atoms with Crippen LogP contribution in [-0.4, -0.2) is 48.9 Å². The van der Waals surface area contributed by atoms with Crippen molar-refractivity contribution >= 4 is 27.7 Å². The Kier molecular flexibility index (Phi) is 5.75. The number of benzene rings is 1. The number of ether oxygens (including phenoxy) is 1. The molecule has 1 aromatic carbocycles. The molecule has 0 radical (unpaired) electrons. The van der Waals surface area contributed by atoms with Crippen LogP contribution in [0.4, 0.5) is 5.69 Å². The van der Waals surface area contributed by atoms with Gasteiger partial charge in [0.15, 0.2) is 9.84 Å². The first-order valence-electron chi connectivity index (χ1n) is 9.00. The van der Waals surface area contributed by atoms with E-state index in [0.29, 0.717) is 0 Å². The number of hydrogen-bond donors (Lipinski definition) is 1. The average Bonchev–Trinajstić information content (AvgIpc) is 3.07. The van der Waals surface area contributed by atoms with Gasteiger partial charge in [0.25, 0.3) is 5.56 Å². The molecule has 1 aromatic heterocycles. The number of rotatable bonds is 4. The fraction of sp³-hybridized carbons (Fsp3) is 0.300. The molecule has 30 heavy (non-hydrogen) atoms. The highest BCUT2D eigenvalue weighted by atomic mass is 32.2. The fourth-order valence-electron chi connectivity index (χ4n) is 3.42. The van der Waals surface area contributed by atoms with Crippen molar-refractivity contribution in [1.82, 2.24) is 4.57 Å². The highest BCUT2D eigenvalue weighted by molar-refractivity contribution is 7.91. The summed E-state index contributed by atoms with van der Waals surface area (Å²) < 4.78 is 29.4. The zero-order chi connectivity index (χ0) is 22.1. The van der Waals surface area contributed by atoms with E-state index in [-0.39, 0.29) is 45.9 Å². The van der Waals surface area contributed by atoms with Crippen molar-refractivity contribution in [3.05, 3.63) is 56.9 Å². The lowest BCUT2D eigenvalue weighted by Crippen LogP contribution is -2.29. The van der Waals surface area contributed by atoms with Crippen LogP contribution in [0.1, 0.15) is 39.5 Å². The predicted octanol–water partition coefficient (Wildman–Crippen LogP) is 1.63. The van der Waals surface area contributed by atoms with Gasteiger partial charge in [-0.1, -0.05) is 12.1 Å². The van der Waals surface area contributed by atoms with Crippen LogP contribution < -0.4 is 5.56 Å². The van der Waals surface area contributed by atoms with Gasteiger partial charge in [0.05, 0.1) is 41.5 Å². The molecule has 2 heterocycles. The first-order chi connectivity index (χ1) is 14.2. The van der Waals surface area contributed by atoms with E-state index in [1.54, 1.807) is 18.2 Å². The number of methoxy groups -OCH3 is 1. The number of aliphatic imine (C=N–C) groups is 1. The third-order valence-electron chi connectivity index (χ3n) is 5.01. The molecule has 1 atom stereocenters. The molecular weight excluding hydrogens is 410 g/mol. The quantitative estimate of drug-likeness (QED) is 0.575. The molecule has 1 fully saturated rings. The van der Waals surface area contributed by atoms with E-state index in [2.05, 4.69) is 4.99 Å². The number of carbonyl (C=O) groups is 1. The SMILES string of the molecule is COC(=O)c1ccccc1N=Cc1c(C)c(C#N)c(=O)n(C2CCS(=O)(=O)C2)c1O. The van der Waals surface area contributed by atoms with Crippen LogP contribution in [0.15, 0.2) is 34.1 Å². The second kappa shape index (κ2) is 8.12. The summed E-state index contributed by atoms with van der Waals surface area (Å²) in [6.07, 6.45) is 1.40. The van der Waals surface area contributed by atoms with E-state index in [1.807, 2.05) is 6.07 Å². The van der Waals surface area contributed by atoms with Crippen molar-refractivity contribution in [2.75, 3.05) is 18.6 Å². The normalized spacial score (nSPS) is 17.7. The van der Waals surface area contributed by atoms with E-state index in [0.717, 1.165) is 4.57 Å². The van der Waals surface area contributed by atoms with Gasteiger partial charge in [-0.25, -0.2) is 13.2 Å². The van der Waals surface area contributed by atoms with Crippen LogP contribution in [0, 0.1) is 18.3 Å². The minimum Gasteiger partial charge on any atom is -0.494 e. The van der Waals surface area contributed by atoms with Crippen molar-refractivity contribution in [2.24, 2.45) is 4.99 Å². The van der Waals surface area contributed by atoms with E-state index in [1.165, 1.54) is 26.3 Å². The minimum absolute atomic E-state index is 0.0927. The van der Waals surface area contributed by atoms with Gasteiger partial charge >= 0.3 is 5.97 Å². The average molecular weight is 429 g/mol. The van der Waals surface area contributed by atoms with Gasteiger partial charge in [0.2, 0.25) is 5.88 Å². The summed E-state index contributed by atoms with van der Waals surface area (Å²) in [6, 6.07) is 7.45. The summed E-state index contributed by atoms with van der Waals surface area (Å²) in [6.45, 7) is 1.49. The van der Waals surface area contributed by atoms with Crippen molar-refractivity contribution in [3.8, 4) is 11.9 Å². The van der Waals surface area contributed by atoms with Crippen molar-refractivity contribution < 1.29 is 23.1 Å². The third kappa shape index (κ3) is 3.84. The topological polar surface area (TPSA) is 139 Å². The number of aromatic hydroxyl groups is 1. The lowest BCUT2D eigenvalue weighted by Gasteiger charge is -2.18. The maximum absolute atomic E-state index is 12.7. The van der Waals surface area contributed by atoms with Crippen molar-refractivity contribution in [1.29, 1.82) is 5.26 Å². The number of hydrogen-bond acceptors (Lipinski definition) is 8.